The number of aromatic nitrogens is 2. The first kappa shape index (κ1) is 29.5. The van der Waals surface area contributed by atoms with Crippen LogP contribution in [-0.2, 0) is 0 Å². The smallest absolute Gasteiger partial charge is 0.159 e. The number of nitrogens with zero attached hydrogens (tertiary/aromatic N) is 2. The average Bonchev–Trinajstić information content (AvgIpc) is 3.76. The van der Waals surface area contributed by atoms with Crippen molar-refractivity contribution < 1.29 is 9.47 Å². The van der Waals surface area contributed by atoms with Gasteiger partial charge in [-0.05, 0) is 43.0 Å². The van der Waals surface area contributed by atoms with Gasteiger partial charge in [0.1, 0.15) is 5.75 Å². The maximum Gasteiger partial charge on any atom is 0.159 e. The SMILES string of the molecule is CCCCCCCCCCCOc1cnc(-c2ccc(OCCCCCCCCCC3CC3)cc2)nc1. The van der Waals surface area contributed by atoms with Gasteiger partial charge in [-0.2, -0.15) is 0 Å². The first-order valence-electron chi connectivity index (χ1n) is 15.5. The maximum atomic E-state index is 5.93. The highest BCUT2D eigenvalue weighted by atomic mass is 16.5. The van der Waals surface area contributed by atoms with Gasteiger partial charge in [0.15, 0.2) is 11.6 Å². The van der Waals surface area contributed by atoms with E-state index in [0.29, 0.717) is 0 Å². The highest BCUT2D eigenvalue weighted by Crippen LogP contribution is 2.34. The van der Waals surface area contributed by atoms with Crippen LogP contribution in [-0.4, -0.2) is 23.2 Å². The van der Waals surface area contributed by atoms with E-state index < -0.39 is 0 Å². The first-order valence-corrected chi connectivity index (χ1v) is 15.5. The molecular formula is C33H52N2O2. The van der Waals surface area contributed by atoms with Crippen LogP contribution < -0.4 is 9.47 Å². The van der Waals surface area contributed by atoms with Crippen LogP contribution in [0, 0.1) is 5.92 Å². The third-order valence-corrected chi connectivity index (χ3v) is 7.48. The van der Waals surface area contributed by atoms with Crippen LogP contribution >= 0.6 is 0 Å². The van der Waals surface area contributed by atoms with Crippen molar-refractivity contribution in [2.24, 2.45) is 5.92 Å². The fourth-order valence-corrected chi connectivity index (χ4v) is 4.86. The summed E-state index contributed by atoms with van der Waals surface area (Å²) < 4.78 is 11.8. The Hall–Kier alpha value is -2.10. The summed E-state index contributed by atoms with van der Waals surface area (Å²) in [5, 5.41) is 0. The molecule has 3 rings (SSSR count). The number of hydrogen-bond acceptors (Lipinski definition) is 4. The third kappa shape index (κ3) is 13.9. The number of rotatable bonds is 23. The highest BCUT2D eigenvalue weighted by Gasteiger charge is 2.19. The van der Waals surface area contributed by atoms with Gasteiger partial charge in [-0.25, -0.2) is 9.97 Å². The lowest BCUT2D eigenvalue weighted by Crippen LogP contribution is -1.99. The van der Waals surface area contributed by atoms with Gasteiger partial charge < -0.3 is 9.47 Å². The molecule has 2 aromatic rings. The van der Waals surface area contributed by atoms with Crippen molar-refractivity contribution in [1.29, 1.82) is 0 Å². The van der Waals surface area contributed by atoms with Crippen molar-refractivity contribution in [1.82, 2.24) is 9.97 Å². The van der Waals surface area contributed by atoms with Crippen LogP contribution in [0.4, 0.5) is 0 Å². The normalized spacial score (nSPS) is 13.1. The Balaban J connectivity index is 1.19. The summed E-state index contributed by atoms with van der Waals surface area (Å²) in [7, 11) is 0. The fourth-order valence-electron chi connectivity index (χ4n) is 4.86. The molecule has 1 fully saturated rings. The molecule has 4 nitrogen and oxygen atoms in total. The van der Waals surface area contributed by atoms with Gasteiger partial charge >= 0.3 is 0 Å². The molecule has 0 saturated heterocycles. The van der Waals surface area contributed by atoms with Gasteiger partial charge in [0.05, 0.1) is 25.6 Å². The van der Waals surface area contributed by atoms with E-state index in [1.807, 2.05) is 24.3 Å². The number of ether oxygens (including phenoxy) is 2. The zero-order valence-electron chi connectivity index (χ0n) is 23.6. The van der Waals surface area contributed by atoms with E-state index >= 15 is 0 Å². The molecule has 4 heteroatoms. The summed E-state index contributed by atoms with van der Waals surface area (Å²) >= 11 is 0. The number of hydrogen-bond donors (Lipinski definition) is 0. The molecule has 1 saturated carbocycles. The molecule has 1 aromatic heterocycles. The van der Waals surface area contributed by atoms with E-state index in [1.165, 1.54) is 109 Å². The van der Waals surface area contributed by atoms with E-state index in [4.69, 9.17) is 9.47 Å². The minimum Gasteiger partial charge on any atom is -0.494 e. The van der Waals surface area contributed by atoms with Gasteiger partial charge in [-0.15, -0.1) is 0 Å². The molecule has 0 N–H and O–H groups in total. The Morgan fingerprint density at radius 1 is 0.595 bits per heavy atom. The van der Waals surface area contributed by atoms with E-state index in [1.54, 1.807) is 12.4 Å². The van der Waals surface area contributed by atoms with Crippen LogP contribution in [0.2, 0.25) is 0 Å². The summed E-state index contributed by atoms with van der Waals surface area (Å²) in [6.45, 7) is 3.81. The lowest BCUT2D eigenvalue weighted by atomic mass is 10.1. The lowest BCUT2D eigenvalue weighted by Gasteiger charge is -2.08. The molecule has 0 bridgehead atoms. The molecule has 0 aliphatic heterocycles. The van der Waals surface area contributed by atoms with Gasteiger partial charge in [-0.1, -0.05) is 116 Å². The predicted molar refractivity (Wildman–Crippen MR) is 155 cm³/mol. The molecule has 0 spiro atoms. The van der Waals surface area contributed by atoms with Crippen LogP contribution in [0.5, 0.6) is 11.5 Å². The summed E-state index contributed by atoms with van der Waals surface area (Å²) in [5.74, 6) is 3.49. The van der Waals surface area contributed by atoms with Crippen molar-refractivity contribution in [2.75, 3.05) is 13.2 Å². The molecule has 206 valence electrons. The van der Waals surface area contributed by atoms with Crippen molar-refractivity contribution in [3.63, 3.8) is 0 Å². The maximum absolute atomic E-state index is 5.93. The Morgan fingerprint density at radius 3 is 1.62 bits per heavy atom. The third-order valence-electron chi connectivity index (χ3n) is 7.48. The molecule has 1 aliphatic carbocycles. The van der Waals surface area contributed by atoms with Gasteiger partial charge in [0.2, 0.25) is 0 Å². The topological polar surface area (TPSA) is 44.2 Å². The summed E-state index contributed by atoms with van der Waals surface area (Å²) in [6, 6.07) is 8.11. The zero-order chi connectivity index (χ0) is 25.8. The Kier molecular flexibility index (Phi) is 15.2. The second-order valence-electron chi connectivity index (χ2n) is 11.0. The number of unbranched alkanes of at least 4 members (excludes halogenated alkanes) is 14. The average molecular weight is 509 g/mol. The minimum absolute atomic E-state index is 0.721. The zero-order valence-corrected chi connectivity index (χ0v) is 23.6. The Morgan fingerprint density at radius 2 is 1.08 bits per heavy atom. The molecule has 0 radical (unpaired) electrons. The first-order chi connectivity index (χ1) is 18.3. The van der Waals surface area contributed by atoms with Crippen LogP contribution in [0.1, 0.15) is 129 Å². The van der Waals surface area contributed by atoms with Crippen LogP contribution in [0.25, 0.3) is 11.4 Å². The second kappa shape index (κ2) is 19.0. The summed E-state index contributed by atoms with van der Waals surface area (Å²) in [6.07, 6.45) is 29.3. The van der Waals surface area contributed by atoms with E-state index in [9.17, 15) is 0 Å². The van der Waals surface area contributed by atoms with E-state index in [-0.39, 0.29) is 0 Å². The largest absolute Gasteiger partial charge is 0.494 e. The monoisotopic (exact) mass is 508 g/mol. The van der Waals surface area contributed by atoms with Gasteiger partial charge in [-0.3, -0.25) is 0 Å². The Bertz CT molecular complexity index is 802. The minimum atomic E-state index is 0.721. The molecule has 37 heavy (non-hydrogen) atoms. The van der Waals surface area contributed by atoms with Crippen molar-refractivity contribution in [3.8, 4) is 22.9 Å². The highest BCUT2D eigenvalue weighted by molar-refractivity contribution is 5.56. The van der Waals surface area contributed by atoms with Crippen molar-refractivity contribution in [2.45, 2.75) is 129 Å². The quantitative estimate of drug-likeness (QED) is 0.140. The lowest BCUT2D eigenvalue weighted by molar-refractivity contribution is 0.302. The predicted octanol–water partition coefficient (Wildman–Crippen LogP) is 9.96. The molecule has 1 aliphatic rings. The summed E-state index contributed by atoms with van der Waals surface area (Å²) in [5.41, 5.74) is 1.000. The standard InChI is InChI=1S/C33H52N2O2/c1-2-3-4-5-6-7-10-14-17-26-37-32-27-34-33(35-28-32)30-21-23-31(24-22-30)36-25-16-13-11-8-9-12-15-18-29-19-20-29/h21-24,27-29H,2-20,25-26H2,1H3. The fraction of sp³-hybridized carbons (Fsp3) is 0.697. The van der Waals surface area contributed by atoms with Crippen molar-refractivity contribution in [3.05, 3.63) is 36.7 Å². The summed E-state index contributed by atoms with van der Waals surface area (Å²) in [4.78, 5) is 9.00. The van der Waals surface area contributed by atoms with Crippen molar-refractivity contribution >= 4 is 0 Å². The molecule has 0 atom stereocenters. The van der Waals surface area contributed by atoms with Gasteiger partial charge in [0.25, 0.3) is 0 Å². The van der Waals surface area contributed by atoms with E-state index in [2.05, 4.69) is 16.9 Å². The van der Waals surface area contributed by atoms with Crippen LogP contribution in [0.3, 0.4) is 0 Å². The molecule has 1 heterocycles. The van der Waals surface area contributed by atoms with E-state index in [0.717, 1.165) is 54.9 Å². The van der Waals surface area contributed by atoms with Crippen LogP contribution in [0.15, 0.2) is 36.7 Å². The molecule has 0 amide bonds. The molecule has 1 aromatic carbocycles. The second-order valence-corrected chi connectivity index (χ2v) is 11.0. The molecular weight excluding hydrogens is 456 g/mol. The molecule has 0 unspecified atom stereocenters. The Labute approximate surface area is 227 Å². The van der Waals surface area contributed by atoms with Gasteiger partial charge in [0, 0.05) is 5.56 Å². The number of benzene rings is 1.